The highest BCUT2D eigenvalue weighted by atomic mass is 35.5. The smallest absolute Gasteiger partial charge is 0.0441 e. The molecule has 0 heterocycles. The molecule has 136 valence electrons. The Bertz CT molecular complexity index is 216. The van der Waals surface area contributed by atoms with E-state index in [1.54, 1.807) is 0 Å². The van der Waals surface area contributed by atoms with Gasteiger partial charge in [-0.3, -0.25) is 0 Å². The average molecular weight is 334 g/mol. The largest absolute Gasteiger partial charge is 0.344 e. The third-order valence-corrected chi connectivity index (χ3v) is 5.85. The van der Waals surface area contributed by atoms with Crippen LogP contribution in [-0.4, -0.2) is 4.87 Å². The Morgan fingerprint density at radius 3 is 1.45 bits per heavy atom. The van der Waals surface area contributed by atoms with Gasteiger partial charge in [0.2, 0.25) is 0 Å². The van der Waals surface area contributed by atoms with Gasteiger partial charge < -0.3 is 6.15 Å². The Balaban J connectivity index is 0. The minimum absolute atomic E-state index is 0. The zero-order chi connectivity index (χ0) is 16.0. The van der Waals surface area contributed by atoms with Gasteiger partial charge >= 0.3 is 0 Å². The monoisotopic (exact) mass is 333 g/mol. The van der Waals surface area contributed by atoms with Crippen molar-refractivity contribution in [3.63, 3.8) is 0 Å². The Hall–Kier alpha value is 0.250. The number of hydrogen-bond donors (Lipinski definition) is 1. The summed E-state index contributed by atoms with van der Waals surface area (Å²) in [6.45, 7) is 9.00. The summed E-state index contributed by atoms with van der Waals surface area (Å²) < 4.78 is 0. The van der Waals surface area contributed by atoms with Gasteiger partial charge in [0.05, 0.1) is 0 Å². The molecule has 22 heavy (non-hydrogen) atoms. The third kappa shape index (κ3) is 13.9. The average Bonchev–Trinajstić information content (AvgIpc) is 2.48. The van der Waals surface area contributed by atoms with E-state index >= 15 is 0 Å². The second kappa shape index (κ2) is 16.1. The van der Waals surface area contributed by atoms with Gasteiger partial charge in [-0.05, 0) is 25.7 Å². The molecule has 2 atom stereocenters. The van der Waals surface area contributed by atoms with Crippen molar-refractivity contribution in [3.8, 4) is 0 Å². The molecule has 0 saturated heterocycles. The van der Waals surface area contributed by atoms with Crippen LogP contribution in [0.25, 0.3) is 0 Å². The number of hydrogen-bond acceptors (Lipinski definition) is 1. The Morgan fingerprint density at radius 1 is 0.727 bits per heavy atom. The zero-order valence-electron chi connectivity index (χ0n) is 16.1. The van der Waals surface area contributed by atoms with E-state index in [0.717, 1.165) is 6.42 Å². The van der Waals surface area contributed by atoms with E-state index < -0.39 is 0 Å². The molecule has 0 saturated carbocycles. The van der Waals surface area contributed by atoms with E-state index in [4.69, 9.17) is 11.6 Å². The van der Waals surface area contributed by atoms with Gasteiger partial charge in [-0.2, -0.15) is 0 Å². The molecule has 0 aromatic carbocycles. The molecule has 0 bridgehead atoms. The van der Waals surface area contributed by atoms with Crippen molar-refractivity contribution in [1.82, 2.24) is 6.15 Å². The summed E-state index contributed by atoms with van der Waals surface area (Å²) in [5, 5.41) is 0. The first-order valence-corrected chi connectivity index (χ1v) is 10.1. The highest BCUT2D eigenvalue weighted by Crippen LogP contribution is 2.32. The van der Waals surface area contributed by atoms with E-state index in [1.165, 1.54) is 83.5 Å². The molecule has 3 N–H and O–H groups in total. The van der Waals surface area contributed by atoms with E-state index in [1.807, 2.05) is 0 Å². The van der Waals surface area contributed by atoms with Gasteiger partial charge in [0, 0.05) is 4.87 Å². The quantitative estimate of drug-likeness (QED) is 0.237. The maximum absolute atomic E-state index is 6.51. The van der Waals surface area contributed by atoms with Gasteiger partial charge in [-0.1, -0.05) is 97.8 Å². The van der Waals surface area contributed by atoms with Crippen LogP contribution in [0.5, 0.6) is 0 Å². The van der Waals surface area contributed by atoms with Gasteiger partial charge in [-0.15, -0.1) is 11.6 Å². The lowest BCUT2D eigenvalue weighted by Gasteiger charge is -2.28. The summed E-state index contributed by atoms with van der Waals surface area (Å²) in [5.74, 6) is 0.646. The molecule has 0 radical (unpaired) electrons. The summed E-state index contributed by atoms with van der Waals surface area (Å²) in [5.41, 5.74) is 0. The summed E-state index contributed by atoms with van der Waals surface area (Å²) in [6, 6.07) is 0. The van der Waals surface area contributed by atoms with Crippen LogP contribution in [0.1, 0.15) is 118 Å². The zero-order valence-corrected chi connectivity index (χ0v) is 16.8. The van der Waals surface area contributed by atoms with Crippen LogP contribution in [-0.2, 0) is 0 Å². The van der Waals surface area contributed by atoms with Crippen LogP contribution >= 0.6 is 11.6 Å². The lowest BCUT2D eigenvalue weighted by molar-refractivity contribution is 0.370. The molecule has 0 aromatic rings. The second-order valence-corrected chi connectivity index (χ2v) is 8.07. The summed E-state index contributed by atoms with van der Waals surface area (Å²) in [4.78, 5) is 0.0117. The van der Waals surface area contributed by atoms with Crippen LogP contribution in [0, 0.1) is 5.92 Å². The predicted molar refractivity (Wildman–Crippen MR) is 104 cm³/mol. The number of unbranched alkanes of at least 4 members (excludes halogenated alkanes) is 11. The molecule has 0 aliphatic rings. The SMILES string of the molecule is CCCCCCCCCCCCCCC(C)C(C)(Cl)CC.N. The van der Waals surface area contributed by atoms with E-state index in [9.17, 15) is 0 Å². The summed E-state index contributed by atoms with van der Waals surface area (Å²) >= 11 is 6.51. The molecule has 0 amide bonds. The van der Waals surface area contributed by atoms with Crippen molar-refractivity contribution in [2.75, 3.05) is 0 Å². The predicted octanol–water partition coefficient (Wildman–Crippen LogP) is 8.28. The van der Waals surface area contributed by atoms with Crippen LogP contribution in [0.15, 0.2) is 0 Å². The van der Waals surface area contributed by atoms with Crippen molar-refractivity contribution >= 4 is 11.6 Å². The normalized spacial score (nSPS) is 15.1. The van der Waals surface area contributed by atoms with Crippen LogP contribution < -0.4 is 6.15 Å². The van der Waals surface area contributed by atoms with Gasteiger partial charge in [0.15, 0.2) is 0 Å². The van der Waals surface area contributed by atoms with Crippen LogP contribution in [0.4, 0.5) is 0 Å². The maximum atomic E-state index is 6.51. The first-order chi connectivity index (χ1) is 10.0. The van der Waals surface area contributed by atoms with Gasteiger partial charge in [0.1, 0.15) is 0 Å². The molecule has 0 fully saturated rings. The van der Waals surface area contributed by atoms with Crippen molar-refractivity contribution in [2.24, 2.45) is 5.92 Å². The number of rotatable bonds is 15. The number of halogens is 1. The summed E-state index contributed by atoms with van der Waals surface area (Å²) in [7, 11) is 0. The van der Waals surface area contributed by atoms with E-state index in [2.05, 4.69) is 27.7 Å². The van der Waals surface area contributed by atoms with Crippen molar-refractivity contribution in [2.45, 2.75) is 122 Å². The number of alkyl halides is 1. The molecular weight excluding hydrogens is 290 g/mol. The van der Waals surface area contributed by atoms with Crippen LogP contribution in [0.2, 0.25) is 0 Å². The van der Waals surface area contributed by atoms with Gasteiger partial charge in [-0.25, -0.2) is 0 Å². The molecule has 1 nitrogen and oxygen atoms in total. The topological polar surface area (TPSA) is 35.0 Å². The molecule has 0 aliphatic heterocycles. The third-order valence-electron chi connectivity index (χ3n) is 5.21. The summed E-state index contributed by atoms with van der Waals surface area (Å²) in [6.07, 6.45) is 19.5. The molecule has 2 heteroatoms. The molecule has 0 rings (SSSR count). The highest BCUT2D eigenvalue weighted by molar-refractivity contribution is 6.23. The second-order valence-electron chi connectivity index (χ2n) is 7.21. The Kier molecular flexibility index (Phi) is 18.0. The lowest BCUT2D eigenvalue weighted by atomic mass is 9.88. The lowest BCUT2D eigenvalue weighted by Crippen LogP contribution is -2.25. The van der Waals surface area contributed by atoms with Crippen molar-refractivity contribution in [3.05, 3.63) is 0 Å². The minimum Gasteiger partial charge on any atom is -0.344 e. The fraction of sp³-hybridized carbons (Fsp3) is 1.00. The molecule has 0 aliphatic carbocycles. The van der Waals surface area contributed by atoms with Crippen LogP contribution in [0.3, 0.4) is 0 Å². The Morgan fingerprint density at radius 2 is 1.09 bits per heavy atom. The van der Waals surface area contributed by atoms with E-state index in [0.29, 0.717) is 5.92 Å². The fourth-order valence-electron chi connectivity index (χ4n) is 2.94. The van der Waals surface area contributed by atoms with Gasteiger partial charge in [0.25, 0.3) is 0 Å². The molecule has 2 unspecified atom stereocenters. The van der Waals surface area contributed by atoms with Crippen molar-refractivity contribution < 1.29 is 0 Å². The Labute approximate surface area is 146 Å². The van der Waals surface area contributed by atoms with E-state index in [-0.39, 0.29) is 11.0 Å². The maximum Gasteiger partial charge on any atom is 0.0441 e. The molecule has 0 aromatic heterocycles. The standard InChI is InChI=1S/C20H41Cl.H3N/c1-5-7-8-9-10-11-12-13-14-15-16-17-18-19(3)20(4,21)6-2;/h19H,5-18H2,1-4H3;1H3. The molecule has 0 spiro atoms. The van der Waals surface area contributed by atoms with Crippen molar-refractivity contribution in [1.29, 1.82) is 0 Å². The first kappa shape index (κ1) is 24.5. The fourth-order valence-corrected chi connectivity index (χ4v) is 3.05. The first-order valence-electron chi connectivity index (χ1n) is 9.73. The highest BCUT2D eigenvalue weighted by Gasteiger charge is 2.25. The minimum atomic E-state index is 0. The molecular formula is C20H44ClN.